The molecule has 0 bridgehead atoms. The minimum atomic E-state index is -0.345. The van der Waals surface area contributed by atoms with Gasteiger partial charge in [0, 0.05) is 23.8 Å². The van der Waals surface area contributed by atoms with Crippen LogP contribution in [0.5, 0.6) is 0 Å². The first-order valence-electron chi connectivity index (χ1n) is 6.63. The molecule has 4 rings (SSSR count). The van der Waals surface area contributed by atoms with Gasteiger partial charge < -0.3 is 10.1 Å². The molecular weight excluding hydrogens is 226 g/mol. The molecule has 1 N–H and O–H groups in total. The van der Waals surface area contributed by atoms with Crippen molar-refractivity contribution in [3.63, 3.8) is 0 Å². The van der Waals surface area contributed by atoms with E-state index in [0.717, 1.165) is 18.7 Å². The van der Waals surface area contributed by atoms with Crippen LogP contribution in [0.25, 0.3) is 0 Å². The van der Waals surface area contributed by atoms with Crippen LogP contribution in [0.15, 0.2) is 24.3 Å². The van der Waals surface area contributed by atoms with E-state index >= 15 is 0 Å². The number of carbonyl (C=O) groups excluding carboxylic acids is 1. The van der Waals surface area contributed by atoms with Crippen molar-refractivity contribution in [2.24, 2.45) is 17.3 Å². The summed E-state index contributed by atoms with van der Waals surface area (Å²) in [5, 5.41) is 3.04. The molecule has 1 saturated carbocycles. The number of ether oxygens (including phenoxy) is 1. The van der Waals surface area contributed by atoms with Gasteiger partial charge in [-0.1, -0.05) is 32.0 Å². The number of carbonyl (C=O) groups is 1. The van der Waals surface area contributed by atoms with Gasteiger partial charge in [-0.05, 0) is 17.9 Å². The molecule has 3 nitrogen and oxygen atoms in total. The summed E-state index contributed by atoms with van der Waals surface area (Å²) in [6.45, 7) is 5.16. The van der Waals surface area contributed by atoms with Gasteiger partial charge in [-0.25, -0.2) is 0 Å². The maximum Gasteiger partial charge on any atom is 0.231 e. The topological polar surface area (TPSA) is 38.3 Å². The molecule has 3 aliphatic rings. The highest BCUT2D eigenvalue weighted by atomic mass is 16.5. The van der Waals surface area contributed by atoms with Gasteiger partial charge in [0.15, 0.2) is 0 Å². The number of para-hydroxylation sites is 1. The molecule has 3 atom stereocenters. The molecule has 1 aliphatic carbocycles. The van der Waals surface area contributed by atoms with E-state index in [1.807, 2.05) is 18.2 Å². The molecule has 1 aromatic rings. The summed E-state index contributed by atoms with van der Waals surface area (Å²) in [4.78, 5) is 12.4. The van der Waals surface area contributed by atoms with E-state index in [4.69, 9.17) is 4.74 Å². The lowest BCUT2D eigenvalue weighted by molar-refractivity contribution is -0.223. The Morgan fingerprint density at radius 3 is 2.94 bits per heavy atom. The number of nitrogens with one attached hydrogen (secondary N) is 1. The second-order valence-electron chi connectivity index (χ2n) is 6.27. The molecule has 2 aliphatic heterocycles. The van der Waals surface area contributed by atoms with E-state index < -0.39 is 0 Å². The molecule has 3 heteroatoms. The summed E-state index contributed by atoms with van der Waals surface area (Å²) in [6, 6.07) is 8.08. The molecule has 94 valence electrons. The van der Waals surface area contributed by atoms with Crippen molar-refractivity contribution in [2.75, 3.05) is 11.9 Å². The average Bonchev–Trinajstić information content (AvgIpc) is 2.70. The van der Waals surface area contributed by atoms with Crippen LogP contribution in [-0.2, 0) is 15.1 Å². The van der Waals surface area contributed by atoms with Gasteiger partial charge in [-0.15, -0.1) is 0 Å². The summed E-state index contributed by atoms with van der Waals surface area (Å²) < 4.78 is 6.12. The molecule has 0 unspecified atom stereocenters. The van der Waals surface area contributed by atoms with Crippen LogP contribution in [0, 0.1) is 17.3 Å². The minimum Gasteiger partial charge on any atom is -0.369 e. The highest BCUT2D eigenvalue weighted by molar-refractivity contribution is 5.99. The third-order valence-electron chi connectivity index (χ3n) is 5.20. The Morgan fingerprint density at radius 1 is 1.33 bits per heavy atom. The Hall–Kier alpha value is -1.35. The van der Waals surface area contributed by atoms with E-state index in [1.165, 1.54) is 5.56 Å². The van der Waals surface area contributed by atoms with Crippen molar-refractivity contribution in [3.8, 4) is 0 Å². The molecule has 2 fully saturated rings. The van der Waals surface area contributed by atoms with Gasteiger partial charge >= 0.3 is 0 Å². The van der Waals surface area contributed by atoms with E-state index in [9.17, 15) is 4.79 Å². The zero-order valence-corrected chi connectivity index (χ0v) is 10.7. The summed E-state index contributed by atoms with van der Waals surface area (Å²) in [6.07, 6.45) is 1.06. The first-order valence-corrected chi connectivity index (χ1v) is 6.63. The molecule has 0 radical (unpaired) electrons. The van der Waals surface area contributed by atoms with Crippen LogP contribution in [0.4, 0.5) is 5.69 Å². The summed E-state index contributed by atoms with van der Waals surface area (Å²) in [5.74, 6) is 0.534. The largest absolute Gasteiger partial charge is 0.369 e. The average molecular weight is 243 g/mol. The van der Waals surface area contributed by atoms with Gasteiger partial charge in [0.05, 0.1) is 5.92 Å². The Kier molecular flexibility index (Phi) is 1.74. The van der Waals surface area contributed by atoms with Crippen LogP contribution in [-0.4, -0.2) is 12.5 Å². The van der Waals surface area contributed by atoms with Crippen LogP contribution < -0.4 is 5.32 Å². The minimum absolute atomic E-state index is 0.0358. The van der Waals surface area contributed by atoms with Crippen molar-refractivity contribution >= 4 is 11.6 Å². The van der Waals surface area contributed by atoms with Crippen LogP contribution in [0.2, 0.25) is 0 Å². The second-order valence-corrected chi connectivity index (χ2v) is 6.27. The fraction of sp³-hybridized carbons (Fsp3) is 0.533. The van der Waals surface area contributed by atoms with E-state index in [-0.39, 0.29) is 22.8 Å². The van der Waals surface area contributed by atoms with E-state index in [1.54, 1.807) is 0 Å². The number of fused-ring (bicyclic) bond motifs is 1. The highest BCUT2D eigenvalue weighted by Gasteiger charge is 2.74. The molecule has 0 aromatic heterocycles. The lowest BCUT2D eigenvalue weighted by Crippen LogP contribution is -2.68. The summed E-state index contributed by atoms with van der Waals surface area (Å²) in [5.41, 5.74) is 1.80. The molecule has 2 heterocycles. The third kappa shape index (κ3) is 0.914. The SMILES string of the molecule is CC1(C)[C@@H]2CCO[C@@]23c2ccccc2NC(=O)[C@@H]13. The maximum absolute atomic E-state index is 12.4. The van der Waals surface area contributed by atoms with Crippen molar-refractivity contribution in [1.82, 2.24) is 0 Å². The Balaban J connectivity index is 1.97. The lowest BCUT2D eigenvalue weighted by atomic mass is 9.43. The van der Waals surface area contributed by atoms with Crippen molar-refractivity contribution < 1.29 is 9.53 Å². The van der Waals surface area contributed by atoms with Crippen LogP contribution in [0.3, 0.4) is 0 Å². The number of anilines is 1. The quantitative estimate of drug-likeness (QED) is 0.760. The summed E-state index contributed by atoms with van der Waals surface area (Å²) >= 11 is 0. The Morgan fingerprint density at radius 2 is 2.11 bits per heavy atom. The fourth-order valence-electron chi connectivity index (χ4n) is 4.62. The fourth-order valence-corrected chi connectivity index (χ4v) is 4.62. The second kappa shape index (κ2) is 2.97. The lowest BCUT2D eigenvalue weighted by Gasteiger charge is -2.63. The first kappa shape index (κ1) is 10.6. The van der Waals surface area contributed by atoms with Crippen LogP contribution in [0.1, 0.15) is 25.8 Å². The number of amides is 1. The number of hydrogen-bond acceptors (Lipinski definition) is 2. The van der Waals surface area contributed by atoms with E-state index in [2.05, 4.69) is 25.2 Å². The van der Waals surface area contributed by atoms with Gasteiger partial charge in [0.2, 0.25) is 5.91 Å². The predicted molar refractivity (Wildman–Crippen MR) is 68.1 cm³/mol. The number of benzene rings is 1. The van der Waals surface area contributed by atoms with Crippen molar-refractivity contribution in [3.05, 3.63) is 29.8 Å². The summed E-state index contributed by atoms with van der Waals surface area (Å²) in [7, 11) is 0. The standard InChI is InChI=1S/C15H17NO2/c1-14(2)11-7-8-18-15(11)9-5-3-4-6-10(9)16-13(17)12(14)15/h3-6,11-12H,7-8H2,1-2H3,(H,16,17)/t11-,12-,15-/m0/s1. The van der Waals surface area contributed by atoms with Gasteiger partial charge in [-0.2, -0.15) is 0 Å². The van der Waals surface area contributed by atoms with Gasteiger partial charge in [-0.3, -0.25) is 4.79 Å². The molecule has 1 aromatic carbocycles. The van der Waals surface area contributed by atoms with E-state index in [0.29, 0.717) is 5.92 Å². The third-order valence-corrected chi connectivity index (χ3v) is 5.20. The van der Waals surface area contributed by atoms with Crippen molar-refractivity contribution in [1.29, 1.82) is 0 Å². The van der Waals surface area contributed by atoms with Crippen LogP contribution >= 0.6 is 0 Å². The molecule has 1 amide bonds. The Bertz CT molecular complexity index is 551. The molecular formula is C15H17NO2. The highest BCUT2D eigenvalue weighted by Crippen LogP contribution is 2.71. The molecule has 1 saturated heterocycles. The van der Waals surface area contributed by atoms with Gasteiger partial charge in [0.1, 0.15) is 5.60 Å². The molecule has 18 heavy (non-hydrogen) atoms. The molecule has 1 spiro atoms. The number of hydrogen-bond donors (Lipinski definition) is 1. The zero-order valence-electron chi connectivity index (χ0n) is 10.7. The van der Waals surface area contributed by atoms with Gasteiger partial charge in [0.25, 0.3) is 0 Å². The first-order chi connectivity index (χ1) is 8.58. The number of rotatable bonds is 0. The normalized spacial score (nSPS) is 39.1. The zero-order chi connectivity index (χ0) is 12.5. The smallest absolute Gasteiger partial charge is 0.231 e. The monoisotopic (exact) mass is 243 g/mol. The van der Waals surface area contributed by atoms with Crippen molar-refractivity contribution in [2.45, 2.75) is 25.9 Å². The predicted octanol–water partition coefficient (Wildman–Crippen LogP) is 2.53. The Labute approximate surface area is 107 Å². The maximum atomic E-state index is 12.4.